The zero-order valence-corrected chi connectivity index (χ0v) is 17.3. The molecule has 6 heteroatoms. The van der Waals surface area contributed by atoms with E-state index in [0.717, 1.165) is 29.0 Å². The average molecular weight is 408 g/mol. The van der Waals surface area contributed by atoms with Crippen LogP contribution in [0.15, 0.2) is 48.5 Å². The van der Waals surface area contributed by atoms with E-state index in [0.29, 0.717) is 38.9 Å². The molecule has 2 aliphatic heterocycles. The van der Waals surface area contributed by atoms with Gasteiger partial charge in [0.1, 0.15) is 17.6 Å². The van der Waals surface area contributed by atoms with Crippen molar-refractivity contribution in [3.05, 3.63) is 59.7 Å². The molecule has 2 N–H and O–H groups in total. The number of hydrogen-bond acceptors (Lipinski definition) is 4. The summed E-state index contributed by atoms with van der Waals surface area (Å²) in [5, 5.41) is 12.8. The summed E-state index contributed by atoms with van der Waals surface area (Å²) in [4.78, 5) is 27.2. The van der Waals surface area contributed by atoms with Gasteiger partial charge < -0.3 is 20.1 Å². The van der Waals surface area contributed by atoms with Crippen LogP contribution in [0.25, 0.3) is 0 Å². The van der Waals surface area contributed by atoms with Gasteiger partial charge in [-0.15, -0.1) is 0 Å². The average Bonchev–Trinajstić information content (AvgIpc) is 2.74. The van der Waals surface area contributed by atoms with Gasteiger partial charge in [-0.1, -0.05) is 24.3 Å². The maximum Gasteiger partial charge on any atom is 0.251 e. The molecule has 2 heterocycles. The SMILES string of the molecule is C[C@@H](O)C(=O)N1CCC2(CC1)Cc1cccc(c1)Oc1cccc(c1)CCNC2=O. The third-order valence-electron chi connectivity index (χ3n) is 6.15. The fourth-order valence-electron chi connectivity index (χ4n) is 4.42. The Kier molecular flexibility index (Phi) is 5.77. The van der Waals surface area contributed by atoms with Gasteiger partial charge in [0.25, 0.3) is 5.91 Å². The topological polar surface area (TPSA) is 78.9 Å². The lowest BCUT2D eigenvalue weighted by molar-refractivity contribution is -0.145. The highest BCUT2D eigenvalue weighted by atomic mass is 16.5. The summed E-state index contributed by atoms with van der Waals surface area (Å²) in [6, 6.07) is 15.8. The van der Waals surface area contributed by atoms with Crippen LogP contribution in [0.2, 0.25) is 0 Å². The van der Waals surface area contributed by atoms with Gasteiger partial charge in [-0.3, -0.25) is 9.59 Å². The molecular weight excluding hydrogens is 380 g/mol. The molecule has 158 valence electrons. The fourth-order valence-corrected chi connectivity index (χ4v) is 4.42. The minimum absolute atomic E-state index is 0.0355. The number of rotatable bonds is 1. The lowest BCUT2D eigenvalue weighted by Gasteiger charge is -2.41. The smallest absolute Gasteiger partial charge is 0.251 e. The van der Waals surface area contributed by atoms with Crippen molar-refractivity contribution in [1.82, 2.24) is 10.2 Å². The molecule has 0 saturated carbocycles. The number of carbonyl (C=O) groups excluding carboxylic acids is 2. The molecular formula is C24H28N2O4. The van der Waals surface area contributed by atoms with E-state index >= 15 is 0 Å². The third-order valence-corrected chi connectivity index (χ3v) is 6.15. The molecule has 0 radical (unpaired) electrons. The van der Waals surface area contributed by atoms with E-state index in [4.69, 9.17) is 4.74 Å². The molecule has 1 fully saturated rings. The Morgan fingerprint density at radius 1 is 1.10 bits per heavy atom. The van der Waals surface area contributed by atoms with Crippen molar-refractivity contribution in [2.24, 2.45) is 5.41 Å². The Morgan fingerprint density at radius 3 is 2.40 bits per heavy atom. The predicted molar refractivity (Wildman–Crippen MR) is 113 cm³/mol. The van der Waals surface area contributed by atoms with Crippen LogP contribution < -0.4 is 10.1 Å². The monoisotopic (exact) mass is 408 g/mol. The summed E-state index contributed by atoms with van der Waals surface area (Å²) >= 11 is 0. The van der Waals surface area contributed by atoms with Crippen LogP contribution in [0.5, 0.6) is 11.5 Å². The summed E-state index contributed by atoms with van der Waals surface area (Å²) < 4.78 is 6.06. The van der Waals surface area contributed by atoms with Gasteiger partial charge in [0.05, 0.1) is 5.41 Å². The standard InChI is InChI=1S/C24H28N2O4/c1-17(27)22(28)26-12-9-24(10-13-26)16-19-5-3-7-21(15-19)30-20-6-2-4-18(14-20)8-11-25-23(24)29/h2-7,14-15,17,27H,8-13,16H2,1H3,(H,25,29)/t17-/m1/s1. The largest absolute Gasteiger partial charge is 0.457 e. The first kappa shape index (κ1) is 20.4. The minimum Gasteiger partial charge on any atom is -0.457 e. The lowest BCUT2D eigenvalue weighted by Crippen LogP contribution is -2.52. The Morgan fingerprint density at radius 2 is 1.73 bits per heavy atom. The fraction of sp³-hybridized carbons (Fsp3) is 0.417. The Labute approximate surface area is 176 Å². The number of nitrogens with zero attached hydrogens (tertiary/aromatic N) is 1. The van der Waals surface area contributed by atoms with E-state index in [1.807, 2.05) is 48.5 Å². The number of benzene rings is 2. The lowest BCUT2D eigenvalue weighted by atomic mass is 9.72. The molecule has 0 aromatic heterocycles. The minimum atomic E-state index is -1.02. The predicted octanol–water partition coefficient (Wildman–Crippen LogP) is 2.68. The van der Waals surface area contributed by atoms with Gasteiger partial charge in [-0.25, -0.2) is 0 Å². The zero-order valence-electron chi connectivity index (χ0n) is 17.3. The van der Waals surface area contributed by atoms with E-state index in [1.165, 1.54) is 6.92 Å². The van der Waals surface area contributed by atoms with Crippen molar-refractivity contribution in [2.75, 3.05) is 19.6 Å². The summed E-state index contributed by atoms with van der Waals surface area (Å²) in [6.07, 6.45) is 1.43. The first-order chi connectivity index (χ1) is 14.4. The molecule has 2 aliphatic rings. The van der Waals surface area contributed by atoms with E-state index in [2.05, 4.69) is 5.32 Å². The van der Waals surface area contributed by atoms with Crippen molar-refractivity contribution in [1.29, 1.82) is 0 Å². The molecule has 4 bridgehead atoms. The molecule has 2 amide bonds. The summed E-state index contributed by atoms with van der Waals surface area (Å²) in [7, 11) is 0. The van der Waals surface area contributed by atoms with Gasteiger partial charge in [0.15, 0.2) is 0 Å². The molecule has 1 saturated heterocycles. The first-order valence-electron chi connectivity index (χ1n) is 10.6. The van der Waals surface area contributed by atoms with Crippen LogP contribution in [-0.2, 0) is 22.4 Å². The Balaban J connectivity index is 1.62. The second-order valence-corrected chi connectivity index (χ2v) is 8.36. The molecule has 0 unspecified atom stereocenters. The summed E-state index contributed by atoms with van der Waals surface area (Å²) in [5.41, 5.74) is 1.56. The van der Waals surface area contributed by atoms with Gasteiger partial charge >= 0.3 is 0 Å². The van der Waals surface area contributed by atoms with E-state index in [1.54, 1.807) is 4.90 Å². The highest BCUT2D eigenvalue weighted by molar-refractivity contribution is 5.84. The van der Waals surface area contributed by atoms with Crippen molar-refractivity contribution >= 4 is 11.8 Å². The number of aliphatic hydroxyl groups is 1. The number of nitrogens with one attached hydrogen (secondary N) is 1. The number of fused-ring (bicyclic) bond motifs is 4. The van der Waals surface area contributed by atoms with E-state index in [9.17, 15) is 14.7 Å². The van der Waals surface area contributed by atoms with Crippen molar-refractivity contribution < 1.29 is 19.4 Å². The second kappa shape index (κ2) is 8.48. The summed E-state index contributed by atoms with van der Waals surface area (Å²) in [5.74, 6) is 1.30. The molecule has 6 nitrogen and oxygen atoms in total. The molecule has 0 aliphatic carbocycles. The number of hydrogen-bond donors (Lipinski definition) is 2. The molecule has 4 rings (SSSR count). The van der Waals surface area contributed by atoms with Crippen LogP contribution in [0.4, 0.5) is 0 Å². The quantitative estimate of drug-likeness (QED) is 0.761. The van der Waals surface area contributed by atoms with Gasteiger partial charge in [-0.2, -0.15) is 0 Å². The number of ether oxygens (including phenoxy) is 1. The molecule has 2 aromatic rings. The van der Waals surface area contributed by atoms with Crippen LogP contribution in [0, 0.1) is 5.41 Å². The normalized spacial score (nSPS) is 19.5. The highest BCUT2D eigenvalue weighted by Crippen LogP contribution is 2.37. The van der Waals surface area contributed by atoms with Gasteiger partial charge in [-0.05, 0) is 68.0 Å². The number of aliphatic hydroxyl groups excluding tert-OH is 1. The van der Waals surface area contributed by atoms with Crippen molar-refractivity contribution in [3.63, 3.8) is 0 Å². The van der Waals surface area contributed by atoms with E-state index in [-0.39, 0.29) is 11.8 Å². The number of likely N-dealkylation sites (tertiary alicyclic amines) is 1. The van der Waals surface area contributed by atoms with Gasteiger partial charge in [0.2, 0.25) is 5.91 Å². The summed E-state index contributed by atoms with van der Waals surface area (Å²) in [6.45, 7) is 2.97. The Hall–Kier alpha value is -2.86. The maximum atomic E-state index is 13.3. The van der Waals surface area contributed by atoms with Crippen molar-refractivity contribution in [2.45, 2.75) is 38.7 Å². The second-order valence-electron chi connectivity index (χ2n) is 8.36. The third kappa shape index (κ3) is 4.33. The van der Waals surface area contributed by atoms with Gasteiger partial charge in [0, 0.05) is 19.6 Å². The highest BCUT2D eigenvalue weighted by Gasteiger charge is 2.42. The number of amides is 2. The molecule has 1 atom stereocenters. The number of piperidine rings is 1. The van der Waals surface area contributed by atoms with Crippen LogP contribution >= 0.6 is 0 Å². The zero-order chi connectivity index (χ0) is 21.1. The van der Waals surface area contributed by atoms with Crippen LogP contribution in [0.3, 0.4) is 0 Å². The van der Waals surface area contributed by atoms with Crippen LogP contribution in [-0.4, -0.2) is 47.6 Å². The van der Waals surface area contributed by atoms with Crippen LogP contribution in [0.1, 0.15) is 30.9 Å². The molecule has 2 aromatic carbocycles. The maximum absolute atomic E-state index is 13.3. The first-order valence-corrected chi connectivity index (χ1v) is 10.6. The Bertz CT molecular complexity index is 932. The molecule has 1 spiro atoms. The number of carbonyl (C=O) groups is 2. The molecule has 30 heavy (non-hydrogen) atoms. The van der Waals surface area contributed by atoms with E-state index < -0.39 is 11.5 Å². The van der Waals surface area contributed by atoms with Crippen molar-refractivity contribution in [3.8, 4) is 11.5 Å².